The van der Waals surface area contributed by atoms with Crippen LogP contribution in [-0.4, -0.2) is 78.4 Å². The maximum atomic E-state index is 13.0. The van der Waals surface area contributed by atoms with Gasteiger partial charge in [0.1, 0.15) is 12.1 Å². The van der Waals surface area contributed by atoms with Crippen LogP contribution in [0.15, 0.2) is 0 Å². The van der Waals surface area contributed by atoms with Crippen LogP contribution in [0.1, 0.15) is 51.4 Å². The topological polar surface area (TPSA) is 73.0 Å². The predicted octanol–water partition coefficient (Wildman–Crippen LogP) is 1.43. The third kappa shape index (κ3) is 3.46. The molecule has 4 amide bonds. The van der Waals surface area contributed by atoms with Crippen molar-refractivity contribution >= 4 is 17.8 Å². The molecule has 2 saturated heterocycles. The Morgan fingerprint density at radius 1 is 1.15 bits per heavy atom. The van der Waals surface area contributed by atoms with Gasteiger partial charge in [0.2, 0.25) is 5.91 Å². The summed E-state index contributed by atoms with van der Waals surface area (Å²) in [6.45, 7) is 2.35. The van der Waals surface area contributed by atoms with E-state index in [2.05, 4.69) is 5.32 Å². The lowest BCUT2D eigenvalue weighted by atomic mass is 9.81. The van der Waals surface area contributed by atoms with Crippen LogP contribution in [0.25, 0.3) is 0 Å². The number of carbonyl (C=O) groups excluding carboxylic acids is 3. The average Bonchev–Trinajstić information content (AvgIpc) is 2.83. The SMILES string of the molecule is CNCCC1CCN(C(=O)CN2C(=O)N(C)C3(CCCCC3)C2=O)CC1. The number of nitrogens with one attached hydrogen (secondary N) is 1. The van der Waals surface area contributed by atoms with E-state index in [4.69, 9.17) is 0 Å². The van der Waals surface area contributed by atoms with Crippen molar-refractivity contribution in [2.45, 2.75) is 56.9 Å². The first kappa shape index (κ1) is 19.1. The molecule has 3 rings (SSSR count). The molecule has 2 heterocycles. The van der Waals surface area contributed by atoms with Gasteiger partial charge in [-0.25, -0.2) is 4.79 Å². The van der Waals surface area contributed by atoms with E-state index in [9.17, 15) is 14.4 Å². The summed E-state index contributed by atoms with van der Waals surface area (Å²) >= 11 is 0. The number of piperidine rings is 1. The highest BCUT2D eigenvalue weighted by molar-refractivity contribution is 6.08. The fourth-order valence-corrected chi connectivity index (χ4v) is 4.73. The molecule has 0 aromatic heterocycles. The lowest BCUT2D eigenvalue weighted by Crippen LogP contribution is -2.50. The number of amides is 4. The Labute approximate surface area is 156 Å². The number of rotatable bonds is 5. The summed E-state index contributed by atoms with van der Waals surface area (Å²) in [4.78, 5) is 42.9. The molecule has 3 fully saturated rings. The zero-order valence-corrected chi connectivity index (χ0v) is 16.1. The van der Waals surface area contributed by atoms with E-state index in [1.807, 2.05) is 11.9 Å². The van der Waals surface area contributed by atoms with Crippen molar-refractivity contribution < 1.29 is 14.4 Å². The molecule has 7 heteroatoms. The molecule has 1 aliphatic carbocycles. The van der Waals surface area contributed by atoms with Gasteiger partial charge in [-0.2, -0.15) is 0 Å². The number of likely N-dealkylation sites (N-methyl/N-ethyl adjacent to an activating group) is 1. The molecular formula is C19H32N4O3. The Bertz CT molecular complexity index is 551. The summed E-state index contributed by atoms with van der Waals surface area (Å²) in [5.74, 6) is 0.389. The normalized spacial score (nSPS) is 24.0. The Morgan fingerprint density at radius 3 is 2.42 bits per heavy atom. The van der Waals surface area contributed by atoms with E-state index < -0.39 is 5.54 Å². The maximum absolute atomic E-state index is 13.0. The molecule has 1 spiro atoms. The summed E-state index contributed by atoms with van der Waals surface area (Å²) in [5, 5.41) is 3.17. The molecule has 146 valence electrons. The van der Waals surface area contributed by atoms with E-state index >= 15 is 0 Å². The lowest BCUT2D eigenvalue weighted by molar-refractivity contribution is -0.141. The maximum Gasteiger partial charge on any atom is 0.327 e. The molecule has 7 nitrogen and oxygen atoms in total. The van der Waals surface area contributed by atoms with Crippen molar-refractivity contribution in [1.82, 2.24) is 20.0 Å². The third-order valence-electron chi connectivity index (χ3n) is 6.55. The van der Waals surface area contributed by atoms with E-state index in [0.29, 0.717) is 5.92 Å². The quantitative estimate of drug-likeness (QED) is 0.749. The van der Waals surface area contributed by atoms with Gasteiger partial charge in [0, 0.05) is 20.1 Å². The van der Waals surface area contributed by atoms with Crippen LogP contribution in [0.5, 0.6) is 0 Å². The van der Waals surface area contributed by atoms with E-state index in [-0.39, 0.29) is 24.4 Å². The predicted molar refractivity (Wildman–Crippen MR) is 98.5 cm³/mol. The number of hydrogen-bond donors (Lipinski definition) is 1. The first-order valence-electron chi connectivity index (χ1n) is 10.0. The van der Waals surface area contributed by atoms with Crippen LogP contribution in [0.4, 0.5) is 4.79 Å². The van der Waals surface area contributed by atoms with Crippen molar-refractivity contribution in [2.75, 3.05) is 40.3 Å². The summed E-state index contributed by atoms with van der Waals surface area (Å²) in [7, 11) is 3.67. The van der Waals surface area contributed by atoms with Gasteiger partial charge in [-0.15, -0.1) is 0 Å². The monoisotopic (exact) mass is 364 g/mol. The Kier molecular flexibility index (Phi) is 5.85. The second kappa shape index (κ2) is 7.94. The molecule has 0 aromatic carbocycles. The molecule has 0 bridgehead atoms. The van der Waals surface area contributed by atoms with E-state index in [1.165, 1.54) is 4.90 Å². The summed E-state index contributed by atoms with van der Waals surface area (Å²) in [6, 6.07) is -0.311. The fraction of sp³-hybridized carbons (Fsp3) is 0.842. The molecule has 2 aliphatic heterocycles. The van der Waals surface area contributed by atoms with Crippen LogP contribution in [-0.2, 0) is 9.59 Å². The van der Waals surface area contributed by atoms with Gasteiger partial charge in [0.15, 0.2) is 0 Å². The highest BCUT2D eigenvalue weighted by Gasteiger charge is 2.56. The number of urea groups is 1. The van der Waals surface area contributed by atoms with Gasteiger partial charge in [-0.1, -0.05) is 19.3 Å². The summed E-state index contributed by atoms with van der Waals surface area (Å²) < 4.78 is 0. The van der Waals surface area contributed by atoms with E-state index in [0.717, 1.165) is 71.0 Å². The van der Waals surface area contributed by atoms with Gasteiger partial charge in [0.25, 0.3) is 5.91 Å². The van der Waals surface area contributed by atoms with Crippen molar-refractivity contribution in [3.05, 3.63) is 0 Å². The van der Waals surface area contributed by atoms with Crippen molar-refractivity contribution in [1.29, 1.82) is 0 Å². The molecule has 0 radical (unpaired) electrons. The zero-order valence-electron chi connectivity index (χ0n) is 16.1. The molecular weight excluding hydrogens is 332 g/mol. The Hall–Kier alpha value is -1.63. The minimum Gasteiger partial charge on any atom is -0.341 e. The van der Waals surface area contributed by atoms with Crippen molar-refractivity contribution in [2.24, 2.45) is 5.92 Å². The molecule has 26 heavy (non-hydrogen) atoms. The largest absolute Gasteiger partial charge is 0.341 e. The first-order chi connectivity index (χ1) is 12.5. The minimum atomic E-state index is -0.699. The average molecular weight is 364 g/mol. The summed E-state index contributed by atoms with van der Waals surface area (Å²) in [5.41, 5.74) is -0.699. The molecule has 1 N–H and O–H groups in total. The Balaban J connectivity index is 1.58. The molecule has 1 saturated carbocycles. The molecule has 3 aliphatic rings. The highest BCUT2D eigenvalue weighted by Crippen LogP contribution is 2.39. The van der Waals surface area contributed by atoms with Gasteiger partial charge in [-0.05, 0) is 51.6 Å². The zero-order chi connectivity index (χ0) is 18.7. The number of carbonyl (C=O) groups is 3. The second-order valence-corrected chi connectivity index (χ2v) is 8.04. The first-order valence-corrected chi connectivity index (χ1v) is 10.0. The van der Waals surface area contributed by atoms with Crippen LogP contribution in [0.3, 0.4) is 0 Å². The highest BCUT2D eigenvalue weighted by atomic mass is 16.2. The van der Waals surface area contributed by atoms with Crippen LogP contribution in [0, 0.1) is 5.92 Å². The number of nitrogens with zero attached hydrogens (tertiary/aromatic N) is 3. The van der Waals surface area contributed by atoms with E-state index in [1.54, 1.807) is 11.9 Å². The Morgan fingerprint density at radius 2 is 1.81 bits per heavy atom. The van der Waals surface area contributed by atoms with Gasteiger partial charge < -0.3 is 15.1 Å². The van der Waals surface area contributed by atoms with Crippen LogP contribution in [0.2, 0.25) is 0 Å². The molecule has 0 aromatic rings. The third-order valence-corrected chi connectivity index (χ3v) is 6.55. The minimum absolute atomic E-state index is 0.0972. The standard InChI is InChI=1S/C19H32N4O3/c1-20-11-6-15-7-12-22(13-8-15)16(24)14-23-17(25)19(21(2)18(23)26)9-4-3-5-10-19/h15,20H,3-14H2,1-2H3. The van der Waals surface area contributed by atoms with Crippen LogP contribution < -0.4 is 5.32 Å². The number of imide groups is 1. The van der Waals surface area contributed by atoms with Crippen LogP contribution >= 0.6 is 0 Å². The second-order valence-electron chi connectivity index (χ2n) is 8.04. The number of likely N-dealkylation sites (tertiary alicyclic amines) is 1. The van der Waals surface area contributed by atoms with Gasteiger partial charge in [-0.3, -0.25) is 14.5 Å². The molecule has 0 atom stereocenters. The van der Waals surface area contributed by atoms with Crippen molar-refractivity contribution in [3.63, 3.8) is 0 Å². The summed E-state index contributed by atoms with van der Waals surface area (Å²) in [6.07, 6.45) is 7.60. The van der Waals surface area contributed by atoms with Crippen molar-refractivity contribution in [3.8, 4) is 0 Å². The fourth-order valence-electron chi connectivity index (χ4n) is 4.73. The number of hydrogen-bond acceptors (Lipinski definition) is 4. The van der Waals surface area contributed by atoms with Gasteiger partial charge >= 0.3 is 6.03 Å². The smallest absolute Gasteiger partial charge is 0.327 e. The lowest BCUT2D eigenvalue weighted by Gasteiger charge is -2.36. The van der Waals surface area contributed by atoms with Gasteiger partial charge in [0.05, 0.1) is 0 Å². The molecule has 0 unspecified atom stereocenters.